The van der Waals surface area contributed by atoms with Crippen molar-refractivity contribution < 1.29 is 14.3 Å². The smallest absolute Gasteiger partial charge is 0.310 e. The van der Waals surface area contributed by atoms with Crippen LogP contribution in [0.25, 0.3) is 0 Å². The minimum Gasteiger partial charge on any atom is -0.481 e. The van der Waals surface area contributed by atoms with Crippen LogP contribution in [0.4, 0.5) is 4.39 Å². The normalized spacial score (nSPS) is 22.7. The number of halogens is 1. The molecule has 2 nitrogen and oxygen atoms in total. The van der Waals surface area contributed by atoms with E-state index in [0.717, 1.165) is 24.0 Å². The molecule has 2 aliphatic rings. The number of carbonyl (C=O) groups is 1. The van der Waals surface area contributed by atoms with E-state index in [0.29, 0.717) is 17.9 Å². The maximum absolute atomic E-state index is 14.1. The van der Waals surface area contributed by atoms with E-state index in [1.54, 1.807) is 0 Å². The number of fused-ring (bicyclic) bond motifs is 1. The first-order valence-corrected chi connectivity index (χ1v) is 7.19. The number of carboxylic acid groups (broad SMARTS) is 1. The summed E-state index contributed by atoms with van der Waals surface area (Å²) >= 11 is 0. The van der Waals surface area contributed by atoms with Gasteiger partial charge in [0.1, 0.15) is 5.82 Å². The molecule has 2 aliphatic carbocycles. The second kappa shape index (κ2) is 4.95. The number of rotatable bonds is 3. The largest absolute Gasteiger partial charge is 0.481 e. The van der Waals surface area contributed by atoms with Crippen LogP contribution < -0.4 is 0 Å². The monoisotopic (exact) mass is 262 g/mol. The molecule has 0 spiro atoms. The zero-order valence-electron chi connectivity index (χ0n) is 11.0. The van der Waals surface area contributed by atoms with Gasteiger partial charge >= 0.3 is 5.97 Å². The van der Waals surface area contributed by atoms with Crippen molar-refractivity contribution in [2.75, 3.05) is 0 Å². The van der Waals surface area contributed by atoms with Crippen LogP contribution in [0.2, 0.25) is 0 Å². The lowest BCUT2D eigenvalue weighted by Crippen LogP contribution is -2.09. The van der Waals surface area contributed by atoms with Crippen LogP contribution in [0.3, 0.4) is 0 Å². The minimum atomic E-state index is -0.832. The van der Waals surface area contributed by atoms with E-state index in [-0.39, 0.29) is 5.82 Å². The minimum absolute atomic E-state index is 0.209. The molecule has 1 unspecified atom stereocenters. The molecule has 0 amide bonds. The summed E-state index contributed by atoms with van der Waals surface area (Å²) < 4.78 is 14.1. The van der Waals surface area contributed by atoms with Crippen molar-refractivity contribution in [3.8, 4) is 0 Å². The Hall–Kier alpha value is -1.38. The summed E-state index contributed by atoms with van der Waals surface area (Å²) in [5.74, 6) is -0.935. The predicted octanol–water partition coefficient (Wildman–Crippen LogP) is 3.67. The van der Waals surface area contributed by atoms with Crippen molar-refractivity contribution in [3.05, 3.63) is 34.6 Å². The zero-order chi connectivity index (χ0) is 13.4. The Labute approximate surface area is 112 Å². The maximum atomic E-state index is 14.1. The quantitative estimate of drug-likeness (QED) is 0.902. The molecule has 1 N–H and O–H groups in total. The van der Waals surface area contributed by atoms with Crippen LogP contribution in [0, 0.1) is 11.7 Å². The van der Waals surface area contributed by atoms with Crippen molar-refractivity contribution in [2.45, 2.75) is 50.9 Å². The first kappa shape index (κ1) is 12.6. The summed E-state index contributed by atoms with van der Waals surface area (Å²) in [7, 11) is 0. The van der Waals surface area contributed by atoms with Gasteiger partial charge in [0.05, 0.1) is 5.92 Å². The van der Waals surface area contributed by atoms with Crippen LogP contribution in [0.15, 0.2) is 12.1 Å². The molecule has 1 aromatic rings. The Morgan fingerprint density at radius 3 is 2.68 bits per heavy atom. The van der Waals surface area contributed by atoms with Crippen molar-refractivity contribution in [1.82, 2.24) is 0 Å². The van der Waals surface area contributed by atoms with E-state index in [9.17, 15) is 9.18 Å². The summed E-state index contributed by atoms with van der Waals surface area (Å²) in [6, 6.07) is 3.40. The summed E-state index contributed by atoms with van der Waals surface area (Å²) in [5.41, 5.74) is 2.53. The van der Waals surface area contributed by atoms with E-state index in [2.05, 4.69) is 0 Å². The van der Waals surface area contributed by atoms with Gasteiger partial charge in [-0.25, -0.2) is 4.39 Å². The van der Waals surface area contributed by atoms with Gasteiger partial charge in [-0.15, -0.1) is 0 Å². The number of aryl methyl sites for hydroxylation is 1. The summed E-state index contributed by atoms with van der Waals surface area (Å²) in [6.45, 7) is 0. The van der Waals surface area contributed by atoms with E-state index in [4.69, 9.17) is 5.11 Å². The van der Waals surface area contributed by atoms with Gasteiger partial charge in [0, 0.05) is 0 Å². The third kappa shape index (κ3) is 2.38. The molecule has 19 heavy (non-hydrogen) atoms. The van der Waals surface area contributed by atoms with E-state index < -0.39 is 11.9 Å². The van der Waals surface area contributed by atoms with Crippen LogP contribution >= 0.6 is 0 Å². The standard InChI is InChI=1S/C16H19FO2/c17-15-9-14-11(5-6-13(14)16(18)19)8-12(15)7-10-3-1-2-4-10/h8-10,13H,1-7H2,(H,18,19). The number of hydrogen-bond acceptors (Lipinski definition) is 1. The summed E-state index contributed by atoms with van der Waals surface area (Å²) in [4.78, 5) is 11.1. The molecule has 0 radical (unpaired) electrons. The molecule has 102 valence electrons. The van der Waals surface area contributed by atoms with Gasteiger partial charge in [-0.05, 0) is 47.9 Å². The molecule has 0 bridgehead atoms. The average Bonchev–Trinajstić information content (AvgIpc) is 2.98. The fraction of sp³-hybridized carbons (Fsp3) is 0.562. The molecular weight excluding hydrogens is 243 g/mol. The molecule has 0 heterocycles. The van der Waals surface area contributed by atoms with E-state index in [1.807, 2.05) is 6.07 Å². The number of aliphatic carboxylic acids is 1. The molecule has 1 saturated carbocycles. The predicted molar refractivity (Wildman–Crippen MR) is 70.8 cm³/mol. The Balaban J connectivity index is 1.86. The lowest BCUT2D eigenvalue weighted by atomic mass is 9.93. The first-order valence-electron chi connectivity index (χ1n) is 7.19. The Morgan fingerprint density at radius 1 is 1.26 bits per heavy atom. The maximum Gasteiger partial charge on any atom is 0.310 e. The Morgan fingerprint density at radius 2 is 2.00 bits per heavy atom. The summed E-state index contributed by atoms with van der Waals surface area (Å²) in [5, 5.41) is 9.13. The molecule has 1 fully saturated rings. The number of carboxylic acids is 1. The average molecular weight is 262 g/mol. The number of benzene rings is 1. The Bertz CT molecular complexity index is 504. The SMILES string of the molecule is O=C(O)C1CCc2cc(CC3CCCC3)c(F)cc21. The van der Waals surface area contributed by atoms with Crippen molar-refractivity contribution in [3.63, 3.8) is 0 Å². The number of hydrogen-bond donors (Lipinski definition) is 1. The van der Waals surface area contributed by atoms with Gasteiger partial charge in [-0.2, -0.15) is 0 Å². The highest BCUT2D eigenvalue weighted by Gasteiger charge is 2.30. The molecular formula is C16H19FO2. The molecule has 3 rings (SSSR count). The van der Waals surface area contributed by atoms with Gasteiger partial charge in [0.25, 0.3) is 0 Å². The highest BCUT2D eigenvalue weighted by Crippen LogP contribution is 2.36. The van der Waals surface area contributed by atoms with E-state index >= 15 is 0 Å². The third-order valence-corrected chi connectivity index (χ3v) is 4.67. The fourth-order valence-electron chi connectivity index (χ4n) is 3.62. The highest BCUT2D eigenvalue weighted by atomic mass is 19.1. The zero-order valence-corrected chi connectivity index (χ0v) is 11.0. The van der Waals surface area contributed by atoms with Gasteiger partial charge in [0.2, 0.25) is 0 Å². The lowest BCUT2D eigenvalue weighted by Gasteiger charge is -2.13. The van der Waals surface area contributed by atoms with Gasteiger partial charge in [0.15, 0.2) is 0 Å². The van der Waals surface area contributed by atoms with Crippen molar-refractivity contribution in [1.29, 1.82) is 0 Å². The first-order chi connectivity index (χ1) is 9.15. The second-order valence-electron chi connectivity index (χ2n) is 5.93. The van der Waals surface area contributed by atoms with Crippen LogP contribution in [0.1, 0.15) is 54.7 Å². The third-order valence-electron chi connectivity index (χ3n) is 4.67. The van der Waals surface area contributed by atoms with Gasteiger partial charge in [-0.3, -0.25) is 4.79 Å². The fourth-order valence-corrected chi connectivity index (χ4v) is 3.62. The molecule has 0 aromatic heterocycles. The van der Waals surface area contributed by atoms with E-state index in [1.165, 1.54) is 31.7 Å². The second-order valence-corrected chi connectivity index (χ2v) is 5.93. The molecule has 1 atom stereocenters. The molecule has 0 aliphatic heterocycles. The van der Waals surface area contributed by atoms with Gasteiger partial charge < -0.3 is 5.11 Å². The van der Waals surface area contributed by atoms with Crippen LogP contribution in [-0.4, -0.2) is 11.1 Å². The lowest BCUT2D eigenvalue weighted by molar-refractivity contribution is -0.138. The summed E-state index contributed by atoms with van der Waals surface area (Å²) in [6.07, 6.45) is 7.12. The van der Waals surface area contributed by atoms with Crippen LogP contribution in [-0.2, 0) is 17.6 Å². The Kier molecular flexibility index (Phi) is 3.29. The van der Waals surface area contributed by atoms with Gasteiger partial charge in [-0.1, -0.05) is 31.7 Å². The highest BCUT2D eigenvalue weighted by molar-refractivity contribution is 5.77. The molecule has 1 aromatic carbocycles. The van der Waals surface area contributed by atoms with Crippen molar-refractivity contribution in [2.24, 2.45) is 5.92 Å². The molecule has 0 saturated heterocycles. The van der Waals surface area contributed by atoms with Crippen LogP contribution in [0.5, 0.6) is 0 Å². The van der Waals surface area contributed by atoms with Crippen molar-refractivity contribution >= 4 is 5.97 Å². The topological polar surface area (TPSA) is 37.3 Å². The molecule has 3 heteroatoms.